The summed E-state index contributed by atoms with van der Waals surface area (Å²) in [5.41, 5.74) is 3.73. The Morgan fingerprint density at radius 3 is 2.74 bits per heavy atom. The Hall–Kier alpha value is -0.530. The van der Waals surface area contributed by atoms with E-state index in [9.17, 15) is 8.78 Å². The monoisotopic (exact) mass is 336 g/mol. The molecule has 2 rings (SSSR count). The highest BCUT2D eigenvalue weighted by molar-refractivity contribution is 9.10. The Morgan fingerprint density at radius 2 is 2.21 bits per heavy atom. The topological polar surface area (TPSA) is 55.9 Å². The van der Waals surface area contributed by atoms with E-state index in [1.165, 1.54) is 0 Å². The molecular formula is C12H19BrF2N4. The van der Waals surface area contributed by atoms with Gasteiger partial charge in [-0.25, -0.2) is 8.78 Å². The maximum absolute atomic E-state index is 13.2. The fourth-order valence-corrected chi connectivity index (χ4v) is 3.31. The van der Waals surface area contributed by atoms with Gasteiger partial charge in [0.25, 0.3) is 0 Å². The number of halogens is 3. The first-order valence-corrected chi connectivity index (χ1v) is 7.33. The lowest BCUT2D eigenvalue weighted by molar-refractivity contribution is -0.0501. The fourth-order valence-electron chi connectivity index (χ4n) is 2.77. The van der Waals surface area contributed by atoms with Gasteiger partial charge in [-0.3, -0.25) is 16.0 Å². The van der Waals surface area contributed by atoms with Gasteiger partial charge < -0.3 is 0 Å². The summed E-state index contributed by atoms with van der Waals surface area (Å²) in [5.74, 6) is 3.25. The number of alkyl halides is 2. The van der Waals surface area contributed by atoms with Crippen molar-refractivity contribution >= 4 is 15.9 Å². The normalized spacial score (nSPS) is 21.5. The molecule has 1 aromatic rings. The van der Waals surface area contributed by atoms with Crippen LogP contribution < -0.4 is 11.3 Å². The summed E-state index contributed by atoms with van der Waals surface area (Å²) in [6, 6.07) is -0.145. The van der Waals surface area contributed by atoms with Crippen molar-refractivity contribution in [1.82, 2.24) is 15.2 Å². The highest BCUT2D eigenvalue weighted by Gasteiger charge is 2.39. The third-order valence-corrected chi connectivity index (χ3v) is 4.45. The fraction of sp³-hybridized carbons (Fsp3) is 0.750. The maximum Gasteiger partial charge on any atom is 0.248 e. The highest BCUT2D eigenvalue weighted by atomic mass is 79.9. The second-order valence-corrected chi connectivity index (χ2v) is 5.89. The van der Waals surface area contributed by atoms with Gasteiger partial charge in [0.15, 0.2) is 0 Å². The van der Waals surface area contributed by atoms with E-state index < -0.39 is 5.92 Å². The van der Waals surface area contributed by atoms with Gasteiger partial charge in [-0.05, 0) is 41.6 Å². The van der Waals surface area contributed by atoms with E-state index in [1.54, 1.807) is 6.20 Å². The Bertz CT molecular complexity index is 425. The van der Waals surface area contributed by atoms with Crippen LogP contribution in [-0.4, -0.2) is 15.7 Å². The zero-order valence-electron chi connectivity index (χ0n) is 10.9. The molecule has 3 N–H and O–H groups in total. The molecule has 1 aliphatic rings. The van der Waals surface area contributed by atoms with Gasteiger partial charge in [0.05, 0.1) is 22.4 Å². The van der Waals surface area contributed by atoms with Gasteiger partial charge in [-0.2, -0.15) is 5.10 Å². The first-order valence-electron chi connectivity index (χ1n) is 6.53. The van der Waals surface area contributed by atoms with Crippen molar-refractivity contribution in [3.8, 4) is 0 Å². The predicted molar refractivity (Wildman–Crippen MR) is 72.6 cm³/mol. The van der Waals surface area contributed by atoms with E-state index in [4.69, 9.17) is 5.84 Å². The number of hydrogen-bond donors (Lipinski definition) is 2. The molecule has 0 amide bonds. The van der Waals surface area contributed by atoms with Crippen molar-refractivity contribution in [2.75, 3.05) is 0 Å². The van der Waals surface area contributed by atoms with Crippen LogP contribution in [0.1, 0.15) is 44.3 Å². The van der Waals surface area contributed by atoms with Crippen molar-refractivity contribution in [3.05, 3.63) is 16.4 Å². The molecule has 0 aliphatic heterocycles. The number of hydrazine groups is 1. The summed E-state index contributed by atoms with van der Waals surface area (Å²) in [7, 11) is 0. The summed E-state index contributed by atoms with van der Waals surface area (Å²) < 4.78 is 29.2. The Labute approximate surface area is 119 Å². The Balaban J connectivity index is 2.18. The smallest absolute Gasteiger partial charge is 0.248 e. The first kappa shape index (κ1) is 14.9. The average molecular weight is 337 g/mol. The van der Waals surface area contributed by atoms with Crippen LogP contribution in [0.3, 0.4) is 0 Å². The summed E-state index contributed by atoms with van der Waals surface area (Å²) in [5, 5.41) is 4.25. The molecule has 0 saturated heterocycles. The van der Waals surface area contributed by atoms with E-state index in [0.717, 1.165) is 16.7 Å². The van der Waals surface area contributed by atoms with Crippen LogP contribution in [0.5, 0.6) is 0 Å². The molecule has 1 aromatic heterocycles. The van der Waals surface area contributed by atoms with Crippen LogP contribution >= 0.6 is 15.9 Å². The highest BCUT2D eigenvalue weighted by Crippen LogP contribution is 2.42. The Morgan fingerprint density at radius 1 is 1.58 bits per heavy atom. The molecule has 0 spiro atoms. The lowest BCUT2D eigenvalue weighted by atomic mass is 9.81. The molecule has 1 unspecified atom stereocenters. The van der Waals surface area contributed by atoms with Crippen molar-refractivity contribution in [2.45, 2.75) is 51.1 Å². The minimum atomic E-state index is -2.52. The van der Waals surface area contributed by atoms with E-state index >= 15 is 0 Å². The van der Waals surface area contributed by atoms with Crippen molar-refractivity contribution in [1.29, 1.82) is 0 Å². The third-order valence-electron chi connectivity index (χ3n) is 3.84. The maximum atomic E-state index is 13.2. The van der Waals surface area contributed by atoms with Gasteiger partial charge in [-0.15, -0.1) is 0 Å². The Kier molecular flexibility index (Phi) is 4.58. The number of aryl methyl sites for hydroxylation is 1. The summed E-state index contributed by atoms with van der Waals surface area (Å²) >= 11 is 3.46. The van der Waals surface area contributed by atoms with Crippen molar-refractivity contribution < 1.29 is 8.78 Å². The number of nitrogens with two attached hydrogens (primary N) is 1. The molecule has 19 heavy (non-hydrogen) atoms. The molecule has 1 fully saturated rings. The minimum absolute atomic E-state index is 0.0618. The van der Waals surface area contributed by atoms with Gasteiger partial charge in [0, 0.05) is 19.4 Å². The minimum Gasteiger partial charge on any atom is -0.271 e. The van der Waals surface area contributed by atoms with Gasteiger partial charge in [0.2, 0.25) is 5.92 Å². The molecule has 0 bridgehead atoms. The second kappa shape index (κ2) is 5.85. The number of hydrogen-bond acceptors (Lipinski definition) is 3. The lowest BCUT2D eigenvalue weighted by Gasteiger charge is -2.33. The summed E-state index contributed by atoms with van der Waals surface area (Å²) in [6.07, 6.45) is 2.55. The largest absolute Gasteiger partial charge is 0.271 e. The quantitative estimate of drug-likeness (QED) is 0.656. The molecule has 7 heteroatoms. The number of nitrogens with one attached hydrogen (secondary N) is 1. The zero-order valence-corrected chi connectivity index (χ0v) is 12.5. The molecule has 0 radical (unpaired) electrons. The molecule has 108 valence electrons. The molecule has 1 heterocycles. The predicted octanol–water partition coefficient (Wildman–Crippen LogP) is 3.00. The SMILES string of the molecule is CCn1ncc(Br)c1C(NN)C1CCC(F)(F)CC1. The van der Waals surface area contributed by atoms with E-state index in [1.807, 2.05) is 11.6 Å². The van der Waals surface area contributed by atoms with Gasteiger partial charge in [0.1, 0.15) is 0 Å². The zero-order chi connectivity index (χ0) is 14.0. The van der Waals surface area contributed by atoms with E-state index in [-0.39, 0.29) is 24.8 Å². The van der Waals surface area contributed by atoms with Crippen LogP contribution in [0.15, 0.2) is 10.7 Å². The van der Waals surface area contributed by atoms with Crippen LogP contribution in [0.2, 0.25) is 0 Å². The van der Waals surface area contributed by atoms with Crippen molar-refractivity contribution in [2.24, 2.45) is 11.8 Å². The molecule has 1 atom stereocenters. The molecule has 1 aliphatic carbocycles. The van der Waals surface area contributed by atoms with Gasteiger partial charge >= 0.3 is 0 Å². The van der Waals surface area contributed by atoms with Crippen LogP contribution in [0.25, 0.3) is 0 Å². The average Bonchev–Trinajstić information content (AvgIpc) is 2.74. The summed E-state index contributed by atoms with van der Waals surface area (Å²) in [4.78, 5) is 0. The third kappa shape index (κ3) is 3.14. The van der Waals surface area contributed by atoms with Crippen LogP contribution in [0.4, 0.5) is 8.78 Å². The molecular weight excluding hydrogens is 318 g/mol. The number of rotatable bonds is 4. The summed E-state index contributed by atoms with van der Waals surface area (Å²) in [6.45, 7) is 2.72. The van der Waals surface area contributed by atoms with E-state index in [0.29, 0.717) is 12.8 Å². The first-order chi connectivity index (χ1) is 8.98. The molecule has 0 aromatic carbocycles. The second-order valence-electron chi connectivity index (χ2n) is 5.03. The lowest BCUT2D eigenvalue weighted by Crippen LogP contribution is -2.38. The van der Waals surface area contributed by atoms with Gasteiger partial charge in [-0.1, -0.05) is 0 Å². The molecule has 1 saturated carbocycles. The number of aromatic nitrogens is 2. The van der Waals surface area contributed by atoms with Crippen molar-refractivity contribution in [3.63, 3.8) is 0 Å². The molecule has 4 nitrogen and oxygen atoms in total. The van der Waals surface area contributed by atoms with Crippen LogP contribution in [-0.2, 0) is 6.54 Å². The standard InChI is InChI=1S/C12H19BrF2N4/c1-2-19-11(9(13)7-17-19)10(18-16)8-3-5-12(14,15)6-4-8/h7-8,10,18H,2-6,16H2,1H3. The van der Waals surface area contributed by atoms with Crippen LogP contribution in [0, 0.1) is 5.92 Å². The number of nitrogens with zero attached hydrogens (tertiary/aromatic N) is 2. The van der Waals surface area contributed by atoms with E-state index in [2.05, 4.69) is 26.5 Å².